The van der Waals surface area contributed by atoms with Gasteiger partial charge in [0.2, 0.25) is 0 Å². The third kappa shape index (κ3) is 5.92. The maximum absolute atomic E-state index is 10.9. The Kier molecular flexibility index (Phi) is 6.10. The zero-order valence-electron chi connectivity index (χ0n) is 9.56. The van der Waals surface area contributed by atoms with Crippen molar-refractivity contribution < 1.29 is 14.4 Å². The van der Waals surface area contributed by atoms with Crippen LogP contribution in [0.25, 0.3) is 0 Å². The predicted octanol–water partition coefficient (Wildman–Crippen LogP) is 2.64. The fourth-order valence-corrected chi connectivity index (χ4v) is 1.19. The van der Waals surface area contributed by atoms with Crippen LogP contribution < -0.4 is 0 Å². The number of rotatable bonds is 6. The van der Waals surface area contributed by atoms with Crippen LogP contribution in [0.5, 0.6) is 0 Å². The molecular formula is C12H14ClNO3. The Morgan fingerprint density at radius 1 is 1.41 bits per heavy atom. The number of halogens is 1. The Labute approximate surface area is 105 Å². The van der Waals surface area contributed by atoms with Gasteiger partial charge in [-0.05, 0) is 24.6 Å². The van der Waals surface area contributed by atoms with Crippen LogP contribution in [0.4, 0.5) is 0 Å². The molecule has 0 spiro atoms. The van der Waals surface area contributed by atoms with E-state index in [0.29, 0.717) is 11.6 Å². The minimum absolute atomic E-state index is 0.200. The van der Waals surface area contributed by atoms with E-state index in [1.54, 1.807) is 25.3 Å². The highest BCUT2D eigenvalue weighted by Crippen LogP contribution is 2.07. The van der Waals surface area contributed by atoms with Crippen LogP contribution in [-0.4, -0.2) is 25.4 Å². The highest BCUT2D eigenvalue weighted by Gasteiger charge is 2.00. The molecule has 0 heterocycles. The summed E-state index contributed by atoms with van der Waals surface area (Å²) in [6.07, 6.45) is 1.76. The SMILES string of the molecule is CCOC(=O)CCO/N=C/c1ccc(Cl)cc1. The summed E-state index contributed by atoms with van der Waals surface area (Å²) in [4.78, 5) is 15.9. The van der Waals surface area contributed by atoms with Gasteiger partial charge in [-0.25, -0.2) is 0 Å². The van der Waals surface area contributed by atoms with E-state index in [0.717, 1.165) is 5.56 Å². The van der Waals surface area contributed by atoms with Gasteiger partial charge in [-0.2, -0.15) is 0 Å². The Morgan fingerprint density at radius 2 is 2.12 bits per heavy atom. The van der Waals surface area contributed by atoms with E-state index in [1.165, 1.54) is 0 Å². The Bertz CT molecular complexity index is 376. The Hall–Kier alpha value is -1.55. The summed E-state index contributed by atoms with van der Waals surface area (Å²) in [5, 5.41) is 4.40. The first-order valence-electron chi connectivity index (χ1n) is 5.29. The van der Waals surface area contributed by atoms with Crippen LogP contribution in [0.1, 0.15) is 18.9 Å². The normalized spacial score (nSPS) is 10.5. The van der Waals surface area contributed by atoms with E-state index in [1.807, 2.05) is 12.1 Å². The summed E-state index contributed by atoms with van der Waals surface area (Å²) in [5.41, 5.74) is 0.880. The van der Waals surface area contributed by atoms with Crippen molar-refractivity contribution in [2.45, 2.75) is 13.3 Å². The molecule has 0 fully saturated rings. The number of benzene rings is 1. The third-order valence-corrected chi connectivity index (χ3v) is 2.10. The first-order valence-corrected chi connectivity index (χ1v) is 5.66. The van der Waals surface area contributed by atoms with E-state index < -0.39 is 0 Å². The molecule has 1 rings (SSSR count). The van der Waals surface area contributed by atoms with Gasteiger partial charge in [0.15, 0.2) is 0 Å². The molecule has 0 aliphatic carbocycles. The average Bonchev–Trinajstić information content (AvgIpc) is 2.31. The van der Waals surface area contributed by atoms with E-state index in [-0.39, 0.29) is 19.0 Å². The fourth-order valence-electron chi connectivity index (χ4n) is 1.06. The van der Waals surface area contributed by atoms with Crippen LogP contribution in [0.2, 0.25) is 5.02 Å². The molecular weight excluding hydrogens is 242 g/mol. The van der Waals surface area contributed by atoms with Gasteiger partial charge in [0.05, 0.1) is 19.2 Å². The summed E-state index contributed by atoms with van der Waals surface area (Å²) in [6, 6.07) is 7.17. The quantitative estimate of drug-likeness (QED) is 0.340. The first-order chi connectivity index (χ1) is 8.22. The summed E-state index contributed by atoms with van der Waals surface area (Å²) < 4.78 is 4.73. The van der Waals surface area contributed by atoms with Gasteiger partial charge >= 0.3 is 5.97 Å². The molecule has 0 aliphatic rings. The maximum atomic E-state index is 10.9. The van der Waals surface area contributed by atoms with Crippen molar-refractivity contribution in [2.75, 3.05) is 13.2 Å². The Balaban J connectivity index is 2.22. The summed E-state index contributed by atoms with van der Waals surface area (Å²) in [6.45, 7) is 2.35. The van der Waals surface area contributed by atoms with Gasteiger partial charge in [-0.15, -0.1) is 0 Å². The van der Waals surface area contributed by atoms with Gasteiger partial charge < -0.3 is 9.57 Å². The highest BCUT2D eigenvalue weighted by molar-refractivity contribution is 6.30. The maximum Gasteiger partial charge on any atom is 0.309 e. The lowest BCUT2D eigenvalue weighted by molar-refractivity contribution is -0.144. The lowest BCUT2D eigenvalue weighted by Crippen LogP contribution is -2.06. The standard InChI is InChI=1S/C12H14ClNO3/c1-2-16-12(15)7-8-17-14-9-10-3-5-11(13)6-4-10/h3-6,9H,2,7-8H2,1H3/b14-9+. The van der Waals surface area contributed by atoms with E-state index in [9.17, 15) is 4.79 Å². The predicted molar refractivity (Wildman–Crippen MR) is 66.2 cm³/mol. The van der Waals surface area contributed by atoms with Gasteiger partial charge in [0, 0.05) is 5.02 Å². The van der Waals surface area contributed by atoms with Crippen molar-refractivity contribution in [3.63, 3.8) is 0 Å². The van der Waals surface area contributed by atoms with E-state index >= 15 is 0 Å². The molecule has 0 unspecified atom stereocenters. The molecule has 0 radical (unpaired) electrons. The summed E-state index contributed by atoms with van der Waals surface area (Å²) in [5.74, 6) is -0.283. The average molecular weight is 256 g/mol. The number of ether oxygens (including phenoxy) is 1. The molecule has 5 heteroatoms. The van der Waals surface area contributed by atoms with Gasteiger partial charge in [0.25, 0.3) is 0 Å². The number of oxime groups is 1. The van der Waals surface area contributed by atoms with Crippen LogP contribution in [-0.2, 0) is 14.4 Å². The topological polar surface area (TPSA) is 47.9 Å². The molecule has 92 valence electrons. The number of hydrogen-bond donors (Lipinski definition) is 0. The first kappa shape index (κ1) is 13.5. The van der Waals surface area contributed by atoms with E-state index in [2.05, 4.69) is 5.16 Å². The second-order valence-corrected chi connectivity index (χ2v) is 3.61. The smallest absolute Gasteiger partial charge is 0.309 e. The van der Waals surface area contributed by atoms with Crippen LogP contribution in [0.3, 0.4) is 0 Å². The lowest BCUT2D eigenvalue weighted by Gasteiger charge is -2.00. The molecule has 1 aromatic rings. The molecule has 0 aliphatic heterocycles. The van der Waals surface area contributed by atoms with Crippen LogP contribution >= 0.6 is 11.6 Å². The van der Waals surface area contributed by atoms with Crippen molar-refractivity contribution in [1.82, 2.24) is 0 Å². The molecule has 0 saturated carbocycles. The van der Waals surface area contributed by atoms with E-state index in [4.69, 9.17) is 21.2 Å². The van der Waals surface area contributed by atoms with Crippen molar-refractivity contribution in [2.24, 2.45) is 5.16 Å². The molecule has 17 heavy (non-hydrogen) atoms. The molecule has 0 amide bonds. The number of nitrogens with zero attached hydrogens (tertiary/aromatic N) is 1. The molecule has 0 N–H and O–H groups in total. The largest absolute Gasteiger partial charge is 0.466 e. The lowest BCUT2D eigenvalue weighted by atomic mass is 10.2. The summed E-state index contributed by atoms with van der Waals surface area (Å²) in [7, 11) is 0. The van der Waals surface area contributed by atoms with Crippen LogP contribution in [0, 0.1) is 0 Å². The van der Waals surface area contributed by atoms with Gasteiger partial charge in [-0.1, -0.05) is 28.9 Å². The number of hydrogen-bond acceptors (Lipinski definition) is 4. The minimum Gasteiger partial charge on any atom is -0.466 e. The number of carbonyl (C=O) groups is 1. The molecule has 0 atom stereocenters. The number of esters is 1. The second-order valence-electron chi connectivity index (χ2n) is 3.17. The van der Waals surface area contributed by atoms with Gasteiger partial charge in [-0.3, -0.25) is 4.79 Å². The van der Waals surface area contributed by atoms with Gasteiger partial charge in [0.1, 0.15) is 6.61 Å². The molecule has 1 aromatic carbocycles. The molecule has 0 saturated heterocycles. The van der Waals surface area contributed by atoms with Crippen molar-refractivity contribution >= 4 is 23.8 Å². The van der Waals surface area contributed by atoms with Crippen molar-refractivity contribution in [3.8, 4) is 0 Å². The molecule has 0 bridgehead atoms. The van der Waals surface area contributed by atoms with Crippen molar-refractivity contribution in [3.05, 3.63) is 34.9 Å². The zero-order chi connectivity index (χ0) is 12.5. The fraction of sp³-hybridized carbons (Fsp3) is 0.333. The molecule has 4 nitrogen and oxygen atoms in total. The Morgan fingerprint density at radius 3 is 2.76 bits per heavy atom. The number of carbonyl (C=O) groups excluding carboxylic acids is 1. The monoisotopic (exact) mass is 255 g/mol. The minimum atomic E-state index is -0.283. The van der Waals surface area contributed by atoms with Crippen LogP contribution in [0.15, 0.2) is 29.4 Å². The molecule has 0 aromatic heterocycles. The third-order valence-electron chi connectivity index (χ3n) is 1.85. The zero-order valence-corrected chi connectivity index (χ0v) is 10.3. The van der Waals surface area contributed by atoms with Crippen molar-refractivity contribution in [1.29, 1.82) is 0 Å². The summed E-state index contributed by atoms with van der Waals surface area (Å²) >= 11 is 5.73. The second kappa shape index (κ2) is 7.68. The highest BCUT2D eigenvalue weighted by atomic mass is 35.5.